The highest BCUT2D eigenvalue weighted by atomic mass is 32.2. The molecule has 0 saturated carbocycles. The van der Waals surface area contributed by atoms with Gasteiger partial charge in [0.05, 0.1) is 23.9 Å². The van der Waals surface area contributed by atoms with Crippen molar-refractivity contribution in [2.75, 3.05) is 32.3 Å². The van der Waals surface area contributed by atoms with Crippen molar-refractivity contribution < 1.29 is 19.4 Å². The number of carbonyl (C=O) groups excluding carboxylic acids is 1. The minimum atomic E-state index is 0.00399. The van der Waals surface area contributed by atoms with Crippen LogP contribution in [0.5, 0.6) is 11.5 Å². The molecule has 0 unspecified atom stereocenters. The zero-order chi connectivity index (χ0) is 17.6. The summed E-state index contributed by atoms with van der Waals surface area (Å²) in [6.45, 7) is 2.10. The molecule has 1 aromatic rings. The van der Waals surface area contributed by atoms with Crippen LogP contribution >= 0.6 is 23.5 Å². The van der Waals surface area contributed by atoms with E-state index in [9.17, 15) is 9.90 Å². The van der Waals surface area contributed by atoms with Gasteiger partial charge in [0.1, 0.15) is 11.5 Å². The molecule has 0 radical (unpaired) electrons. The van der Waals surface area contributed by atoms with Gasteiger partial charge in [-0.15, -0.1) is 23.5 Å². The summed E-state index contributed by atoms with van der Waals surface area (Å²) in [5.41, 5.74) is 2.43. The van der Waals surface area contributed by atoms with Gasteiger partial charge in [0.25, 0.3) is 0 Å². The number of rotatable bonds is 8. The smallest absolute Gasteiger partial charge is 0.154 e. The van der Waals surface area contributed by atoms with Crippen molar-refractivity contribution >= 4 is 29.8 Å². The van der Waals surface area contributed by atoms with E-state index >= 15 is 0 Å². The third-order valence-electron chi connectivity index (χ3n) is 4.34. The molecule has 0 atom stereocenters. The number of hydrogen-bond acceptors (Lipinski definition) is 6. The van der Waals surface area contributed by atoms with E-state index < -0.39 is 0 Å². The van der Waals surface area contributed by atoms with Gasteiger partial charge < -0.3 is 14.6 Å². The van der Waals surface area contributed by atoms with Crippen molar-refractivity contribution in [2.24, 2.45) is 0 Å². The summed E-state index contributed by atoms with van der Waals surface area (Å²) >= 11 is 3.90. The largest absolute Gasteiger partial charge is 0.496 e. The number of aliphatic hydroxyl groups excluding tert-OH is 1. The van der Waals surface area contributed by atoms with Crippen molar-refractivity contribution in [3.05, 3.63) is 22.8 Å². The number of ether oxygens (including phenoxy) is 2. The van der Waals surface area contributed by atoms with E-state index in [1.54, 1.807) is 14.2 Å². The van der Waals surface area contributed by atoms with Gasteiger partial charge in [-0.1, -0.05) is 0 Å². The minimum Gasteiger partial charge on any atom is -0.496 e. The van der Waals surface area contributed by atoms with Crippen LogP contribution in [0.2, 0.25) is 0 Å². The standard InChI is InChI=1S/C18H26O4S2/c1-13-16(21-2)10-14(15(12-20)17(13)22-3)11-18(6-4-7-19)23-8-5-9-24-18/h10,12,19H,4-9,11H2,1-3H3. The normalized spacial score (nSPS) is 16.7. The summed E-state index contributed by atoms with van der Waals surface area (Å²) < 4.78 is 11.0. The van der Waals surface area contributed by atoms with Crippen molar-refractivity contribution in [2.45, 2.75) is 36.7 Å². The molecule has 0 aromatic heterocycles. The number of hydrogen-bond donors (Lipinski definition) is 1. The van der Waals surface area contributed by atoms with Crippen LogP contribution < -0.4 is 9.47 Å². The quantitative estimate of drug-likeness (QED) is 0.704. The maximum Gasteiger partial charge on any atom is 0.154 e. The Balaban J connectivity index is 2.43. The molecule has 1 saturated heterocycles. The first-order chi connectivity index (χ1) is 11.6. The van der Waals surface area contributed by atoms with Gasteiger partial charge in [-0.2, -0.15) is 0 Å². The molecule has 0 amide bonds. The first-order valence-corrected chi connectivity index (χ1v) is 10.2. The van der Waals surface area contributed by atoms with Gasteiger partial charge in [-0.3, -0.25) is 4.79 Å². The molecule has 1 aliphatic rings. The second kappa shape index (κ2) is 9.02. The Morgan fingerprint density at radius 2 is 2.00 bits per heavy atom. The van der Waals surface area contributed by atoms with Crippen molar-refractivity contribution in [1.29, 1.82) is 0 Å². The summed E-state index contributed by atoms with van der Waals surface area (Å²) in [4.78, 5) is 11.7. The van der Waals surface area contributed by atoms with Crippen molar-refractivity contribution in [3.8, 4) is 11.5 Å². The molecule has 24 heavy (non-hydrogen) atoms. The second-order valence-electron chi connectivity index (χ2n) is 5.89. The molecule has 4 nitrogen and oxygen atoms in total. The van der Waals surface area contributed by atoms with Crippen LogP contribution in [0.1, 0.15) is 40.7 Å². The lowest BCUT2D eigenvalue weighted by Gasteiger charge is -2.37. The molecule has 1 heterocycles. The fraction of sp³-hybridized carbons (Fsp3) is 0.611. The van der Waals surface area contributed by atoms with Gasteiger partial charge in [0.15, 0.2) is 6.29 Å². The second-order valence-corrected chi connectivity index (χ2v) is 9.11. The Hall–Kier alpha value is -0.850. The summed E-state index contributed by atoms with van der Waals surface area (Å²) in [5, 5.41) is 9.26. The van der Waals surface area contributed by atoms with E-state index in [4.69, 9.17) is 9.47 Å². The zero-order valence-electron chi connectivity index (χ0n) is 14.6. The van der Waals surface area contributed by atoms with Gasteiger partial charge in [0, 0.05) is 12.2 Å². The van der Waals surface area contributed by atoms with Crippen LogP contribution in [0.3, 0.4) is 0 Å². The number of aliphatic hydroxyl groups is 1. The average molecular weight is 371 g/mol. The highest BCUT2D eigenvalue weighted by molar-refractivity contribution is 8.18. The molecule has 0 aliphatic carbocycles. The van der Waals surface area contributed by atoms with Gasteiger partial charge in [-0.25, -0.2) is 0 Å². The fourth-order valence-electron chi connectivity index (χ4n) is 3.14. The Morgan fingerprint density at radius 1 is 1.29 bits per heavy atom. The Kier molecular flexibility index (Phi) is 7.32. The topological polar surface area (TPSA) is 55.8 Å². The lowest BCUT2D eigenvalue weighted by Crippen LogP contribution is -2.29. The van der Waals surface area contributed by atoms with Crippen LogP contribution in [0.4, 0.5) is 0 Å². The van der Waals surface area contributed by atoms with Gasteiger partial charge in [-0.05, 0) is 55.7 Å². The van der Waals surface area contributed by atoms with Crippen LogP contribution in [0.25, 0.3) is 0 Å². The molecule has 1 N–H and O–H groups in total. The van der Waals surface area contributed by atoms with Gasteiger partial charge in [0.2, 0.25) is 0 Å². The SMILES string of the molecule is COc1cc(CC2(CCCO)SCCCS2)c(C=O)c(OC)c1C. The summed E-state index contributed by atoms with van der Waals surface area (Å²) in [6.07, 6.45) is 4.56. The van der Waals surface area contributed by atoms with Crippen LogP contribution in [-0.4, -0.2) is 47.8 Å². The summed E-state index contributed by atoms with van der Waals surface area (Å²) in [6, 6.07) is 1.97. The highest BCUT2D eigenvalue weighted by Crippen LogP contribution is 2.49. The van der Waals surface area contributed by atoms with Crippen molar-refractivity contribution in [3.63, 3.8) is 0 Å². The van der Waals surface area contributed by atoms with Crippen LogP contribution in [0.15, 0.2) is 6.07 Å². The third-order valence-corrected chi connectivity index (χ3v) is 7.78. The molecular formula is C18H26O4S2. The zero-order valence-corrected chi connectivity index (χ0v) is 16.2. The Labute approximate surface area is 152 Å². The molecule has 134 valence electrons. The molecule has 1 aliphatic heterocycles. The van der Waals surface area contributed by atoms with E-state index in [0.717, 1.165) is 53.9 Å². The predicted octanol–water partition coefficient (Wildman–Crippen LogP) is 3.71. The lowest BCUT2D eigenvalue weighted by atomic mass is 9.97. The van der Waals surface area contributed by atoms with E-state index in [1.807, 2.05) is 36.5 Å². The number of carbonyl (C=O) groups is 1. The molecule has 1 fully saturated rings. The van der Waals surface area contributed by atoms with E-state index in [0.29, 0.717) is 11.3 Å². The molecule has 0 spiro atoms. The molecule has 2 rings (SSSR count). The van der Waals surface area contributed by atoms with Crippen molar-refractivity contribution in [1.82, 2.24) is 0 Å². The number of aldehydes is 1. The Morgan fingerprint density at radius 3 is 2.54 bits per heavy atom. The third kappa shape index (κ3) is 4.21. The van der Waals surface area contributed by atoms with Crippen LogP contribution in [-0.2, 0) is 6.42 Å². The van der Waals surface area contributed by atoms with E-state index in [1.165, 1.54) is 6.42 Å². The average Bonchev–Trinajstić information content (AvgIpc) is 2.61. The maximum atomic E-state index is 11.7. The molecule has 0 bridgehead atoms. The van der Waals surface area contributed by atoms with Gasteiger partial charge >= 0.3 is 0 Å². The maximum absolute atomic E-state index is 11.7. The molecular weight excluding hydrogens is 344 g/mol. The summed E-state index contributed by atoms with van der Waals surface area (Å²) in [5.74, 6) is 3.59. The predicted molar refractivity (Wildman–Crippen MR) is 102 cm³/mol. The van der Waals surface area contributed by atoms with Crippen LogP contribution in [0, 0.1) is 6.92 Å². The number of benzene rings is 1. The first-order valence-electron chi connectivity index (χ1n) is 8.19. The monoisotopic (exact) mass is 370 g/mol. The molecule has 6 heteroatoms. The Bertz CT molecular complexity index is 569. The van der Waals surface area contributed by atoms with E-state index in [-0.39, 0.29) is 10.7 Å². The number of thioether (sulfide) groups is 2. The minimum absolute atomic E-state index is 0.00399. The first kappa shape index (κ1) is 19.5. The number of methoxy groups -OCH3 is 2. The van der Waals surface area contributed by atoms with E-state index in [2.05, 4.69) is 0 Å². The highest BCUT2D eigenvalue weighted by Gasteiger charge is 2.35. The summed E-state index contributed by atoms with van der Waals surface area (Å²) in [7, 11) is 3.22. The lowest BCUT2D eigenvalue weighted by molar-refractivity contribution is 0.111. The fourth-order valence-corrected chi connectivity index (χ4v) is 6.57. The molecule has 1 aromatic carbocycles.